The van der Waals surface area contributed by atoms with Crippen LogP contribution in [0.3, 0.4) is 0 Å². The lowest BCUT2D eigenvalue weighted by atomic mass is 10.0. The predicted molar refractivity (Wildman–Crippen MR) is 245 cm³/mol. The third kappa shape index (κ3) is 41.5. The van der Waals surface area contributed by atoms with E-state index in [9.17, 15) is 19.5 Å². The molecule has 0 saturated carbocycles. The van der Waals surface area contributed by atoms with Gasteiger partial charge in [-0.2, -0.15) is 0 Å². The van der Waals surface area contributed by atoms with Crippen LogP contribution in [-0.4, -0.2) is 75.5 Å². The van der Waals surface area contributed by atoms with Crippen LogP contribution in [0.4, 0.5) is 0 Å². The van der Waals surface area contributed by atoms with E-state index in [4.69, 9.17) is 14.2 Å². The van der Waals surface area contributed by atoms with E-state index in [1.165, 1.54) is 186 Å². The molecule has 0 bridgehead atoms. The van der Waals surface area contributed by atoms with Crippen LogP contribution in [0.5, 0.6) is 0 Å². The third-order valence-corrected chi connectivity index (χ3v) is 12.0. The second-order valence-corrected chi connectivity index (χ2v) is 18.8. The average molecular weight is 838 g/mol. The van der Waals surface area contributed by atoms with Gasteiger partial charge < -0.3 is 28.6 Å². The number of carboxylic acids is 1. The number of ether oxygens (including phenoxy) is 3. The van der Waals surface area contributed by atoms with Crippen LogP contribution >= 0.6 is 0 Å². The number of unbranched alkanes of at least 4 members (excludes halogenated alkanes) is 33. The molecule has 350 valence electrons. The molecule has 0 N–H and O–H groups in total. The average Bonchev–Trinajstić information content (AvgIpc) is 3.19. The first kappa shape index (κ1) is 57.3. The van der Waals surface area contributed by atoms with E-state index in [0.717, 1.165) is 38.5 Å². The van der Waals surface area contributed by atoms with E-state index in [2.05, 4.69) is 13.8 Å². The van der Waals surface area contributed by atoms with Crippen LogP contribution in [0.15, 0.2) is 0 Å². The molecule has 2 atom stereocenters. The molecule has 0 heterocycles. The zero-order valence-corrected chi connectivity index (χ0v) is 40.0. The zero-order chi connectivity index (χ0) is 43.5. The number of nitrogens with zero attached hydrogens (tertiary/aromatic N) is 1. The van der Waals surface area contributed by atoms with Crippen molar-refractivity contribution in [3.05, 3.63) is 0 Å². The molecule has 0 aliphatic carbocycles. The maximum Gasteiger partial charge on any atom is 0.306 e. The quantitative estimate of drug-likeness (QED) is 0.0342. The van der Waals surface area contributed by atoms with Gasteiger partial charge in [0.1, 0.15) is 12.6 Å². The smallest absolute Gasteiger partial charge is 0.306 e. The fourth-order valence-electron chi connectivity index (χ4n) is 8.02. The molecule has 0 aromatic heterocycles. The predicted octanol–water partition coefficient (Wildman–Crippen LogP) is 13.1. The molecule has 8 nitrogen and oxygen atoms in total. The van der Waals surface area contributed by atoms with Gasteiger partial charge in [0.05, 0.1) is 40.3 Å². The van der Waals surface area contributed by atoms with Crippen molar-refractivity contribution in [2.24, 2.45) is 0 Å². The molecule has 0 amide bonds. The standard InChI is InChI=1S/C51H99NO7/c1-6-8-10-12-14-16-18-20-22-24-26-27-29-31-33-35-37-39-41-49(53)58-46-47(45-57-44-43-48(51(55)56)52(3,4)5)59-50(54)42-40-38-36-34-32-30-28-25-23-21-19-17-15-13-11-9-7-2/h47-48H,6-46H2,1-5H3. The Hall–Kier alpha value is -1.67. The molecule has 0 radical (unpaired) electrons. The highest BCUT2D eigenvalue weighted by molar-refractivity contribution is 5.70. The maximum absolute atomic E-state index is 12.8. The van der Waals surface area contributed by atoms with E-state index in [0.29, 0.717) is 12.8 Å². The summed E-state index contributed by atoms with van der Waals surface area (Å²) in [7, 11) is 5.43. The molecule has 0 saturated heterocycles. The Bertz CT molecular complexity index is 936. The summed E-state index contributed by atoms with van der Waals surface area (Å²) >= 11 is 0. The van der Waals surface area contributed by atoms with Crippen LogP contribution < -0.4 is 5.11 Å². The fourth-order valence-corrected chi connectivity index (χ4v) is 8.02. The number of hydrogen-bond donors (Lipinski definition) is 0. The SMILES string of the molecule is CCCCCCCCCCCCCCCCCCCCC(=O)OCC(COCCC(C(=O)[O-])[N+](C)(C)C)OC(=O)CCCCCCCCCCCCCCCCCCC. The normalized spacial score (nSPS) is 12.8. The molecular formula is C51H99NO7. The van der Waals surface area contributed by atoms with Crippen LogP contribution in [0, 0.1) is 0 Å². The number of likely N-dealkylation sites (N-methyl/N-ethyl adjacent to an activating group) is 1. The van der Waals surface area contributed by atoms with E-state index in [1.54, 1.807) is 0 Å². The maximum atomic E-state index is 12.8. The Labute approximate surface area is 366 Å². The molecule has 0 spiro atoms. The summed E-state index contributed by atoms with van der Waals surface area (Å²) in [5.41, 5.74) is 0. The van der Waals surface area contributed by atoms with Gasteiger partial charge in [-0.3, -0.25) is 9.59 Å². The fraction of sp³-hybridized carbons (Fsp3) is 0.941. The topological polar surface area (TPSA) is 102 Å². The minimum Gasteiger partial charge on any atom is -0.544 e. The summed E-state index contributed by atoms with van der Waals surface area (Å²) in [4.78, 5) is 37.0. The van der Waals surface area contributed by atoms with Crippen molar-refractivity contribution in [2.45, 2.75) is 270 Å². The van der Waals surface area contributed by atoms with Crippen LogP contribution in [0.2, 0.25) is 0 Å². The number of esters is 2. The lowest BCUT2D eigenvalue weighted by Crippen LogP contribution is -2.55. The van der Waals surface area contributed by atoms with Gasteiger partial charge in [0.15, 0.2) is 6.10 Å². The largest absolute Gasteiger partial charge is 0.544 e. The molecule has 0 aromatic rings. The number of aliphatic carboxylic acids is 1. The van der Waals surface area contributed by atoms with Gasteiger partial charge in [-0.25, -0.2) is 0 Å². The van der Waals surface area contributed by atoms with Crippen LogP contribution in [0.1, 0.15) is 258 Å². The minimum absolute atomic E-state index is 0.0498. The van der Waals surface area contributed by atoms with Crippen molar-refractivity contribution in [1.29, 1.82) is 0 Å². The Morgan fingerprint density at radius 1 is 0.441 bits per heavy atom. The second kappa shape index (κ2) is 43.0. The summed E-state index contributed by atoms with van der Waals surface area (Å²) in [5.74, 6) is -1.71. The van der Waals surface area contributed by atoms with Gasteiger partial charge in [-0.1, -0.05) is 226 Å². The van der Waals surface area contributed by atoms with E-state index >= 15 is 0 Å². The highest BCUT2D eigenvalue weighted by Gasteiger charge is 2.25. The van der Waals surface area contributed by atoms with Gasteiger partial charge in [0.25, 0.3) is 0 Å². The number of hydrogen-bond acceptors (Lipinski definition) is 7. The van der Waals surface area contributed by atoms with Gasteiger partial charge in [-0.05, 0) is 12.8 Å². The zero-order valence-electron chi connectivity index (χ0n) is 40.0. The number of quaternary nitrogens is 1. The molecule has 2 unspecified atom stereocenters. The first-order valence-corrected chi connectivity index (χ1v) is 25.6. The van der Waals surface area contributed by atoms with Crippen molar-refractivity contribution in [3.8, 4) is 0 Å². The summed E-state index contributed by atoms with van der Waals surface area (Å²) in [6.07, 6.45) is 45.5. The second-order valence-electron chi connectivity index (χ2n) is 18.8. The van der Waals surface area contributed by atoms with Crippen molar-refractivity contribution < 1.29 is 38.2 Å². The molecule has 0 aliphatic heterocycles. The number of carbonyl (C=O) groups is 3. The van der Waals surface area contributed by atoms with Gasteiger partial charge in [-0.15, -0.1) is 0 Å². The minimum atomic E-state index is -1.12. The van der Waals surface area contributed by atoms with Crippen molar-refractivity contribution >= 4 is 17.9 Å². The van der Waals surface area contributed by atoms with Crippen molar-refractivity contribution in [2.75, 3.05) is 41.0 Å². The molecule has 0 fully saturated rings. The van der Waals surface area contributed by atoms with Crippen LogP contribution in [-0.2, 0) is 28.6 Å². The van der Waals surface area contributed by atoms with Crippen LogP contribution in [0.25, 0.3) is 0 Å². The third-order valence-electron chi connectivity index (χ3n) is 12.0. The van der Waals surface area contributed by atoms with E-state index in [1.807, 2.05) is 21.1 Å². The first-order chi connectivity index (χ1) is 28.6. The van der Waals surface area contributed by atoms with Crippen molar-refractivity contribution in [3.63, 3.8) is 0 Å². The van der Waals surface area contributed by atoms with E-state index < -0.39 is 18.1 Å². The molecule has 0 rings (SSSR count). The number of carboxylic acid groups (broad SMARTS) is 1. The number of carbonyl (C=O) groups excluding carboxylic acids is 3. The summed E-state index contributed by atoms with van der Waals surface area (Å²) in [5, 5.41) is 11.7. The monoisotopic (exact) mass is 838 g/mol. The van der Waals surface area contributed by atoms with E-state index in [-0.39, 0.29) is 42.7 Å². The molecule has 59 heavy (non-hydrogen) atoms. The lowest BCUT2D eigenvalue weighted by Gasteiger charge is -2.34. The highest BCUT2D eigenvalue weighted by atomic mass is 16.6. The summed E-state index contributed by atoms with van der Waals surface area (Å²) < 4.78 is 17.3. The first-order valence-electron chi connectivity index (χ1n) is 25.6. The Kier molecular flexibility index (Phi) is 41.8. The molecular weight excluding hydrogens is 739 g/mol. The highest BCUT2D eigenvalue weighted by Crippen LogP contribution is 2.17. The van der Waals surface area contributed by atoms with Gasteiger partial charge >= 0.3 is 11.9 Å². The molecule has 8 heteroatoms. The lowest BCUT2D eigenvalue weighted by molar-refractivity contribution is -0.889. The Balaban J connectivity index is 4.20. The van der Waals surface area contributed by atoms with Gasteiger partial charge in [0.2, 0.25) is 0 Å². The number of rotatable bonds is 47. The van der Waals surface area contributed by atoms with Gasteiger partial charge in [0, 0.05) is 19.3 Å². The Morgan fingerprint density at radius 3 is 1.05 bits per heavy atom. The summed E-state index contributed by atoms with van der Waals surface area (Å²) in [6, 6.07) is -0.720. The molecule has 0 aliphatic rings. The molecule has 0 aromatic carbocycles. The summed E-state index contributed by atoms with van der Waals surface area (Å²) in [6.45, 7) is 4.72. The Morgan fingerprint density at radius 2 is 0.746 bits per heavy atom. The van der Waals surface area contributed by atoms with Crippen molar-refractivity contribution in [1.82, 2.24) is 0 Å².